The molecule has 0 fully saturated rings. The van der Waals surface area contributed by atoms with Crippen molar-refractivity contribution in [1.29, 1.82) is 0 Å². The number of nitrogens with one attached hydrogen (secondary N) is 1. The van der Waals surface area contributed by atoms with Crippen molar-refractivity contribution in [2.24, 2.45) is 0 Å². The van der Waals surface area contributed by atoms with Gasteiger partial charge in [0.1, 0.15) is 5.82 Å². The van der Waals surface area contributed by atoms with E-state index in [0.29, 0.717) is 0 Å². The molecule has 0 spiro atoms. The molecule has 0 amide bonds. The molecular formula is C15H27N3. The summed E-state index contributed by atoms with van der Waals surface area (Å²) in [6.07, 6.45) is 0.980. The van der Waals surface area contributed by atoms with Crippen LogP contribution >= 0.6 is 0 Å². The fourth-order valence-electron chi connectivity index (χ4n) is 1.64. The van der Waals surface area contributed by atoms with E-state index in [0.717, 1.165) is 25.3 Å². The van der Waals surface area contributed by atoms with E-state index in [-0.39, 0.29) is 5.54 Å². The molecule has 0 aliphatic rings. The maximum Gasteiger partial charge on any atom is 0.128 e. The number of rotatable bonds is 5. The van der Waals surface area contributed by atoms with Crippen LogP contribution in [0.25, 0.3) is 0 Å². The van der Waals surface area contributed by atoms with Gasteiger partial charge in [-0.1, -0.05) is 6.92 Å². The van der Waals surface area contributed by atoms with Gasteiger partial charge >= 0.3 is 0 Å². The summed E-state index contributed by atoms with van der Waals surface area (Å²) in [7, 11) is 2.09. The Morgan fingerprint density at radius 1 is 1.22 bits per heavy atom. The first-order valence-electron chi connectivity index (χ1n) is 6.81. The summed E-state index contributed by atoms with van der Waals surface area (Å²) in [6, 6.07) is 4.38. The molecule has 0 aliphatic carbocycles. The molecule has 0 radical (unpaired) electrons. The molecular weight excluding hydrogens is 222 g/mol. The van der Waals surface area contributed by atoms with Crippen molar-refractivity contribution in [3.05, 3.63) is 23.4 Å². The number of anilines is 1. The SMILES string of the molecule is CCc1cc(CNC(C)(C)C)cc(N(C)CC)n1. The maximum absolute atomic E-state index is 4.67. The number of hydrogen-bond acceptors (Lipinski definition) is 3. The summed E-state index contributed by atoms with van der Waals surface area (Å²) >= 11 is 0. The van der Waals surface area contributed by atoms with Gasteiger partial charge in [0.2, 0.25) is 0 Å². The summed E-state index contributed by atoms with van der Waals surface area (Å²) in [5.41, 5.74) is 2.62. The second-order valence-electron chi connectivity index (χ2n) is 5.80. The number of nitrogens with zero attached hydrogens (tertiary/aromatic N) is 2. The highest BCUT2D eigenvalue weighted by atomic mass is 15.2. The van der Waals surface area contributed by atoms with Crippen LogP contribution < -0.4 is 10.2 Å². The lowest BCUT2D eigenvalue weighted by atomic mass is 10.1. The Hall–Kier alpha value is -1.09. The molecule has 0 saturated carbocycles. The van der Waals surface area contributed by atoms with Gasteiger partial charge in [-0.25, -0.2) is 4.98 Å². The van der Waals surface area contributed by atoms with Gasteiger partial charge in [-0.3, -0.25) is 0 Å². The molecule has 0 bridgehead atoms. The van der Waals surface area contributed by atoms with E-state index in [4.69, 9.17) is 0 Å². The van der Waals surface area contributed by atoms with Crippen molar-refractivity contribution in [3.63, 3.8) is 0 Å². The van der Waals surface area contributed by atoms with E-state index in [1.54, 1.807) is 0 Å². The summed E-state index contributed by atoms with van der Waals surface area (Å²) in [4.78, 5) is 6.85. The van der Waals surface area contributed by atoms with Gasteiger partial charge in [-0.05, 0) is 51.8 Å². The molecule has 1 rings (SSSR count). The van der Waals surface area contributed by atoms with Crippen LogP contribution in [0.5, 0.6) is 0 Å². The van der Waals surface area contributed by atoms with Gasteiger partial charge in [0.25, 0.3) is 0 Å². The first kappa shape index (κ1) is 15.0. The largest absolute Gasteiger partial charge is 0.360 e. The normalized spacial score (nSPS) is 11.7. The van der Waals surface area contributed by atoms with E-state index in [9.17, 15) is 0 Å². The molecule has 0 aliphatic heterocycles. The van der Waals surface area contributed by atoms with E-state index >= 15 is 0 Å². The second-order valence-corrected chi connectivity index (χ2v) is 5.80. The Kier molecular flexibility index (Phi) is 5.15. The molecule has 1 aromatic heterocycles. The molecule has 0 unspecified atom stereocenters. The van der Waals surface area contributed by atoms with Crippen LogP contribution in [-0.2, 0) is 13.0 Å². The van der Waals surface area contributed by atoms with Crippen molar-refractivity contribution < 1.29 is 0 Å². The van der Waals surface area contributed by atoms with E-state index in [1.165, 1.54) is 11.3 Å². The van der Waals surface area contributed by atoms with Crippen molar-refractivity contribution >= 4 is 5.82 Å². The minimum Gasteiger partial charge on any atom is -0.360 e. The summed E-state index contributed by atoms with van der Waals surface area (Å²) in [5.74, 6) is 1.07. The quantitative estimate of drug-likeness (QED) is 0.869. The van der Waals surface area contributed by atoms with Crippen LogP contribution in [-0.4, -0.2) is 24.1 Å². The zero-order valence-electron chi connectivity index (χ0n) is 12.7. The van der Waals surface area contributed by atoms with Crippen molar-refractivity contribution in [2.45, 2.75) is 53.1 Å². The van der Waals surface area contributed by atoms with Crippen molar-refractivity contribution in [3.8, 4) is 0 Å². The fraction of sp³-hybridized carbons (Fsp3) is 0.667. The van der Waals surface area contributed by atoms with Crippen LogP contribution in [0.15, 0.2) is 12.1 Å². The van der Waals surface area contributed by atoms with E-state index in [1.807, 2.05) is 0 Å². The zero-order chi connectivity index (χ0) is 13.8. The Balaban J connectivity index is 2.90. The Labute approximate surface area is 112 Å². The van der Waals surface area contributed by atoms with Gasteiger partial charge in [-0.15, -0.1) is 0 Å². The lowest BCUT2D eigenvalue weighted by Gasteiger charge is -2.22. The lowest BCUT2D eigenvalue weighted by molar-refractivity contribution is 0.424. The zero-order valence-corrected chi connectivity index (χ0v) is 12.7. The van der Waals surface area contributed by atoms with Crippen molar-refractivity contribution in [1.82, 2.24) is 10.3 Å². The molecule has 1 heterocycles. The lowest BCUT2D eigenvalue weighted by Crippen LogP contribution is -2.35. The number of aromatic nitrogens is 1. The molecule has 102 valence electrons. The van der Waals surface area contributed by atoms with Gasteiger partial charge < -0.3 is 10.2 Å². The summed E-state index contributed by atoms with van der Waals surface area (Å²) < 4.78 is 0. The highest BCUT2D eigenvalue weighted by Gasteiger charge is 2.10. The molecule has 3 nitrogen and oxygen atoms in total. The van der Waals surface area contributed by atoms with E-state index < -0.39 is 0 Å². The highest BCUT2D eigenvalue weighted by Crippen LogP contribution is 2.15. The molecule has 0 aromatic carbocycles. The highest BCUT2D eigenvalue weighted by molar-refractivity contribution is 5.42. The minimum absolute atomic E-state index is 0.145. The summed E-state index contributed by atoms with van der Waals surface area (Å²) in [6.45, 7) is 12.7. The molecule has 3 heteroatoms. The molecule has 1 N–H and O–H groups in total. The third-order valence-corrected chi connectivity index (χ3v) is 2.98. The Bertz CT molecular complexity index is 380. The third kappa shape index (κ3) is 4.65. The predicted octanol–water partition coefficient (Wildman–Crippen LogP) is 2.99. The predicted molar refractivity (Wildman–Crippen MR) is 79.2 cm³/mol. The van der Waals surface area contributed by atoms with E-state index in [2.05, 4.69) is 69.0 Å². The number of aryl methyl sites for hydroxylation is 1. The summed E-state index contributed by atoms with van der Waals surface area (Å²) in [5, 5.41) is 3.53. The van der Waals surface area contributed by atoms with Crippen LogP contribution in [0.3, 0.4) is 0 Å². The van der Waals surface area contributed by atoms with Gasteiger partial charge in [0.15, 0.2) is 0 Å². The first-order valence-corrected chi connectivity index (χ1v) is 6.81. The smallest absolute Gasteiger partial charge is 0.128 e. The Morgan fingerprint density at radius 3 is 2.39 bits per heavy atom. The molecule has 0 saturated heterocycles. The third-order valence-electron chi connectivity index (χ3n) is 2.98. The molecule has 1 aromatic rings. The average Bonchev–Trinajstić information content (AvgIpc) is 2.34. The molecule has 18 heavy (non-hydrogen) atoms. The topological polar surface area (TPSA) is 28.2 Å². The standard InChI is InChI=1S/C15H27N3/c1-7-13-9-12(11-16-15(3,4)5)10-14(17-13)18(6)8-2/h9-10,16H,7-8,11H2,1-6H3. The van der Waals surface area contributed by atoms with Gasteiger partial charge in [0, 0.05) is 31.4 Å². The maximum atomic E-state index is 4.67. The second kappa shape index (κ2) is 6.19. The monoisotopic (exact) mass is 249 g/mol. The first-order chi connectivity index (χ1) is 8.35. The number of pyridine rings is 1. The van der Waals surface area contributed by atoms with Gasteiger partial charge in [0.05, 0.1) is 0 Å². The fourth-order valence-corrected chi connectivity index (χ4v) is 1.64. The Morgan fingerprint density at radius 2 is 1.89 bits per heavy atom. The molecule has 0 atom stereocenters. The minimum atomic E-state index is 0.145. The van der Waals surface area contributed by atoms with Gasteiger partial charge in [-0.2, -0.15) is 0 Å². The average molecular weight is 249 g/mol. The van der Waals surface area contributed by atoms with Crippen LogP contribution in [0.4, 0.5) is 5.82 Å². The van der Waals surface area contributed by atoms with Crippen molar-refractivity contribution in [2.75, 3.05) is 18.5 Å². The van der Waals surface area contributed by atoms with Crippen LogP contribution in [0.2, 0.25) is 0 Å². The number of hydrogen-bond donors (Lipinski definition) is 1. The van der Waals surface area contributed by atoms with Crippen LogP contribution in [0.1, 0.15) is 45.9 Å². The van der Waals surface area contributed by atoms with Crippen LogP contribution in [0, 0.1) is 0 Å².